The van der Waals surface area contributed by atoms with E-state index in [-0.39, 0.29) is 0 Å². The fourth-order valence-corrected chi connectivity index (χ4v) is 0.993. The number of hydrogen-bond donors (Lipinski definition) is 3. The molecule has 0 aliphatic heterocycles. The summed E-state index contributed by atoms with van der Waals surface area (Å²) < 4.78 is 0. The Balaban J connectivity index is 4.17. The minimum atomic E-state index is -0.953. The number of nitrogens with zero attached hydrogens (tertiary/aromatic N) is 1. The number of carbonyl (C=O) groups is 1. The minimum absolute atomic E-state index is 0.296. The van der Waals surface area contributed by atoms with Gasteiger partial charge in [0, 0.05) is 0 Å². The third-order valence-corrected chi connectivity index (χ3v) is 1.98. The molecule has 0 aliphatic carbocycles. The number of amidine groups is 1. The molecule has 0 aliphatic rings. The predicted octanol–water partition coefficient (Wildman–Crippen LogP) is -0.144. The second-order valence-electron chi connectivity index (χ2n) is 2.46. The fourth-order valence-electron chi connectivity index (χ4n) is 0.761. The van der Waals surface area contributed by atoms with Crippen LogP contribution in [0, 0.1) is 0 Å². The fraction of sp³-hybridized carbons (Fsp3) is 0.714. The van der Waals surface area contributed by atoms with Crippen LogP contribution in [0.1, 0.15) is 12.8 Å². The van der Waals surface area contributed by atoms with Crippen molar-refractivity contribution in [1.29, 1.82) is 0 Å². The topological polar surface area (TPSA) is 102 Å². The normalized spacial score (nSPS) is 14.2. The third kappa shape index (κ3) is 5.48. The molecule has 5 N–H and O–H groups in total. The summed E-state index contributed by atoms with van der Waals surface area (Å²) in [7, 11) is 0. The maximum atomic E-state index is 10.6. The monoisotopic (exact) mass is 205 g/mol. The van der Waals surface area contributed by atoms with Crippen LogP contribution in [-0.4, -0.2) is 35.1 Å². The van der Waals surface area contributed by atoms with Gasteiger partial charge in [0.25, 0.3) is 0 Å². The van der Waals surface area contributed by atoms with Gasteiger partial charge in [-0.1, -0.05) is 11.8 Å². The number of carboxylic acid groups (broad SMARTS) is 1. The molecule has 6 heteroatoms. The molecule has 0 bridgehead atoms. The molecule has 13 heavy (non-hydrogen) atoms. The van der Waals surface area contributed by atoms with Crippen molar-refractivity contribution in [1.82, 2.24) is 0 Å². The molecule has 0 aromatic heterocycles. The van der Waals surface area contributed by atoms with Crippen LogP contribution in [0.2, 0.25) is 0 Å². The second-order valence-corrected chi connectivity index (χ2v) is 3.28. The Morgan fingerprint density at radius 3 is 2.69 bits per heavy atom. The van der Waals surface area contributed by atoms with Gasteiger partial charge in [-0.15, -0.1) is 0 Å². The molecular formula is C7H15N3O2S. The van der Waals surface area contributed by atoms with Crippen molar-refractivity contribution in [2.24, 2.45) is 16.5 Å². The summed E-state index contributed by atoms with van der Waals surface area (Å²) in [5.74, 6) is -0.953. The molecule has 5 nitrogen and oxygen atoms in total. The van der Waals surface area contributed by atoms with Crippen molar-refractivity contribution in [2.45, 2.75) is 18.9 Å². The van der Waals surface area contributed by atoms with E-state index in [1.165, 1.54) is 11.8 Å². The highest BCUT2D eigenvalue weighted by Gasteiger charge is 2.15. The zero-order valence-electron chi connectivity index (χ0n) is 7.56. The van der Waals surface area contributed by atoms with Gasteiger partial charge in [-0.3, -0.25) is 0 Å². The average molecular weight is 205 g/mol. The molecule has 0 heterocycles. The van der Waals surface area contributed by atoms with Crippen LogP contribution in [0.25, 0.3) is 0 Å². The lowest BCUT2D eigenvalue weighted by Gasteiger charge is -2.06. The molecule has 0 aromatic carbocycles. The van der Waals surface area contributed by atoms with Crippen molar-refractivity contribution in [2.75, 3.05) is 12.8 Å². The van der Waals surface area contributed by atoms with E-state index >= 15 is 0 Å². The number of aliphatic carboxylic acids is 1. The van der Waals surface area contributed by atoms with Gasteiger partial charge in [0.2, 0.25) is 0 Å². The SMILES string of the molecule is CSC(N)=N[C@H](CCCN)C(=O)O. The Hall–Kier alpha value is -0.750. The zero-order chi connectivity index (χ0) is 10.3. The standard InChI is InChI=1S/C7H15N3O2S/c1-13-7(9)10-5(6(11)12)3-2-4-8/h5H,2-4,8H2,1H3,(H2,9,10)(H,11,12)/t5-/m1/s1. The number of thioether (sulfide) groups is 1. The van der Waals surface area contributed by atoms with Crippen molar-refractivity contribution >= 4 is 22.9 Å². The molecule has 0 radical (unpaired) electrons. The van der Waals surface area contributed by atoms with Gasteiger partial charge in [-0.25, -0.2) is 9.79 Å². The number of hydrogen-bond acceptors (Lipinski definition) is 4. The predicted molar refractivity (Wildman–Crippen MR) is 54.8 cm³/mol. The van der Waals surface area contributed by atoms with E-state index in [0.29, 0.717) is 24.6 Å². The average Bonchev–Trinajstić information content (AvgIpc) is 2.11. The number of carboxylic acids is 1. The maximum absolute atomic E-state index is 10.6. The van der Waals surface area contributed by atoms with Gasteiger partial charge in [-0.2, -0.15) is 0 Å². The highest BCUT2D eigenvalue weighted by Crippen LogP contribution is 2.04. The lowest BCUT2D eigenvalue weighted by molar-refractivity contribution is -0.138. The molecule has 76 valence electrons. The first-order chi connectivity index (χ1) is 6.11. The van der Waals surface area contributed by atoms with E-state index in [1.807, 2.05) is 0 Å². The van der Waals surface area contributed by atoms with Crippen LogP contribution in [0.3, 0.4) is 0 Å². The van der Waals surface area contributed by atoms with E-state index in [1.54, 1.807) is 6.26 Å². The van der Waals surface area contributed by atoms with Gasteiger partial charge < -0.3 is 16.6 Å². The number of aliphatic imine (C=N–C) groups is 1. The maximum Gasteiger partial charge on any atom is 0.328 e. The molecule has 0 aromatic rings. The number of rotatable bonds is 5. The van der Waals surface area contributed by atoms with Crippen molar-refractivity contribution in [3.05, 3.63) is 0 Å². The Kier molecular flexibility index (Phi) is 6.34. The van der Waals surface area contributed by atoms with Gasteiger partial charge in [0.15, 0.2) is 5.17 Å². The van der Waals surface area contributed by atoms with Crippen LogP contribution in [0.4, 0.5) is 0 Å². The first-order valence-corrected chi connectivity index (χ1v) is 5.14. The Morgan fingerprint density at radius 1 is 1.69 bits per heavy atom. The first kappa shape index (κ1) is 12.2. The Bertz CT molecular complexity index is 196. The summed E-state index contributed by atoms with van der Waals surface area (Å²) in [6, 6.07) is -0.754. The molecule has 0 saturated heterocycles. The number of nitrogens with two attached hydrogens (primary N) is 2. The van der Waals surface area contributed by atoms with Crippen molar-refractivity contribution in [3.8, 4) is 0 Å². The van der Waals surface area contributed by atoms with E-state index in [4.69, 9.17) is 16.6 Å². The van der Waals surface area contributed by atoms with Gasteiger partial charge in [0.05, 0.1) is 0 Å². The van der Waals surface area contributed by atoms with Gasteiger partial charge in [-0.05, 0) is 25.6 Å². The summed E-state index contributed by atoms with van der Waals surface area (Å²) in [5, 5.41) is 9.03. The summed E-state index contributed by atoms with van der Waals surface area (Å²) in [6.45, 7) is 0.471. The second kappa shape index (κ2) is 6.73. The van der Waals surface area contributed by atoms with E-state index in [9.17, 15) is 4.79 Å². The third-order valence-electron chi connectivity index (χ3n) is 1.46. The van der Waals surface area contributed by atoms with Crippen LogP contribution in [0.15, 0.2) is 4.99 Å². The molecule has 0 rings (SSSR count). The van der Waals surface area contributed by atoms with Crippen LogP contribution >= 0.6 is 11.8 Å². The highest BCUT2D eigenvalue weighted by atomic mass is 32.2. The lowest BCUT2D eigenvalue weighted by Crippen LogP contribution is -2.22. The molecule has 0 spiro atoms. The lowest BCUT2D eigenvalue weighted by atomic mass is 10.2. The Morgan fingerprint density at radius 2 is 2.31 bits per heavy atom. The van der Waals surface area contributed by atoms with Crippen LogP contribution < -0.4 is 11.5 Å². The van der Waals surface area contributed by atoms with E-state index in [2.05, 4.69) is 4.99 Å². The Labute approximate surface area is 81.6 Å². The van der Waals surface area contributed by atoms with E-state index < -0.39 is 12.0 Å². The zero-order valence-corrected chi connectivity index (χ0v) is 8.38. The molecule has 1 atom stereocenters. The van der Waals surface area contributed by atoms with Gasteiger partial charge >= 0.3 is 5.97 Å². The van der Waals surface area contributed by atoms with Crippen molar-refractivity contribution < 1.29 is 9.90 Å². The molecular weight excluding hydrogens is 190 g/mol. The van der Waals surface area contributed by atoms with Crippen LogP contribution in [-0.2, 0) is 4.79 Å². The van der Waals surface area contributed by atoms with Crippen LogP contribution in [0.5, 0.6) is 0 Å². The first-order valence-electron chi connectivity index (χ1n) is 3.92. The molecule has 0 fully saturated rings. The van der Waals surface area contributed by atoms with Crippen molar-refractivity contribution in [3.63, 3.8) is 0 Å². The highest BCUT2D eigenvalue weighted by molar-refractivity contribution is 8.13. The largest absolute Gasteiger partial charge is 0.480 e. The molecule has 0 saturated carbocycles. The molecule has 0 unspecified atom stereocenters. The summed E-state index contributed by atoms with van der Waals surface area (Å²) in [5.41, 5.74) is 10.7. The summed E-state index contributed by atoms with van der Waals surface area (Å²) in [4.78, 5) is 14.5. The molecule has 0 amide bonds. The minimum Gasteiger partial charge on any atom is -0.480 e. The van der Waals surface area contributed by atoms with E-state index in [0.717, 1.165) is 0 Å². The summed E-state index contributed by atoms with van der Waals surface area (Å²) >= 11 is 1.24. The van der Waals surface area contributed by atoms with Gasteiger partial charge in [0.1, 0.15) is 6.04 Å². The summed E-state index contributed by atoms with van der Waals surface area (Å²) in [6.07, 6.45) is 2.83. The smallest absolute Gasteiger partial charge is 0.328 e. The quantitative estimate of drug-likeness (QED) is 0.428.